The number of nitrogens with two attached hydrogens (primary N) is 1. The van der Waals surface area contributed by atoms with Gasteiger partial charge in [0.2, 0.25) is 0 Å². The van der Waals surface area contributed by atoms with Crippen LogP contribution in [-0.2, 0) is 6.54 Å². The molecule has 0 spiro atoms. The molecule has 2 aromatic carbocycles. The normalized spacial score (nSPS) is 11.8. The Kier molecular flexibility index (Phi) is 5.20. The van der Waals surface area contributed by atoms with E-state index in [4.69, 9.17) is 17.3 Å². The lowest BCUT2D eigenvalue weighted by Gasteiger charge is -2.10. The van der Waals surface area contributed by atoms with Crippen LogP contribution in [0.1, 0.15) is 24.1 Å². The van der Waals surface area contributed by atoms with E-state index in [1.165, 1.54) is 0 Å². The van der Waals surface area contributed by atoms with Crippen LogP contribution >= 0.6 is 11.6 Å². The highest BCUT2D eigenvalue weighted by molar-refractivity contribution is 6.30. The number of halogens is 1. The number of urea groups is 1. The lowest BCUT2D eigenvalue weighted by atomic mass is 10.1. The molecule has 0 aromatic heterocycles. The highest BCUT2D eigenvalue weighted by Crippen LogP contribution is 2.14. The standard InChI is InChI=1S/C16H18ClN3O/c1-11(18)13-4-8-15(9-5-13)20-16(21)19-10-12-2-6-14(17)7-3-12/h2-9,11H,10,18H2,1H3,(H2,19,20,21). The van der Waals surface area contributed by atoms with Crippen molar-refractivity contribution in [2.24, 2.45) is 5.73 Å². The fraction of sp³-hybridized carbons (Fsp3) is 0.188. The van der Waals surface area contributed by atoms with Gasteiger partial charge in [0.1, 0.15) is 0 Å². The third-order valence-electron chi connectivity index (χ3n) is 3.06. The quantitative estimate of drug-likeness (QED) is 0.806. The van der Waals surface area contributed by atoms with Crippen molar-refractivity contribution in [3.8, 4) is 0 Å². The molecule has 0 heterocycles. The van der Waals surface area contributed by atoms with Crippen LogP contribution in [0.2, 0.25) is 5.02 Å². The zero-order valence-corrected chi connectivity index (χ0v) is 12.5. The second kappa shape index (κ2) is 7.11. The van der Waals surface area contributed by atoms with Crippen LogP contribution < -0.4 is 16.4 Å². The molecule has 2 rings (SSSR count). The van der Waals surface area contributed by atoms with Crippen LogP contribution in [0.25, 0.3) is 0 Å². The van der Waals surface area contributed by atoms with E-state index in [1.807, 2.05) is 43.3 Å². The van der Waals surface area contributed by atoms with Gasteiger partial charge in [-0.25, -0.2) is 4.79 Å². The summed E-state index contributed by atoms with van der Waals surface area (Å²) in [6, 6.07) is 14.5. The van der Waals surface area contributed by atoms with Crippen molar-refractivity contribution in [1.29, 1.82) is 0 Å². The molecule has 0 aliphatic carbocycles. The number of hydrogen-bond acceptors (Lipinski definition) is 2. The summed E-state index contributed by atoms with van der Waals surface area (Å²) in [5, 5.41) is 6.24. The van der Waals surface area contributed by atoms with E-state index in [0.717, 1.165) is 16.8 Å². The zero-order valence-electron chi connectivity index (χ0n) is 11.8. The molecule has 110 valence electrons. The predicted molar refractivity (Wildman–Crippen MR) is 86.4 cm³/mol. The summed E-state index contributed by atoms with van der Waals surface area (Å²) in [6.07, 6.45) is 0. The Morgan fingerprint density at radius 2 is 1.76 bits per heavy atom. The molecule has 4 N–H and O–H groups in total. The summed E-state index contributed by atoms with van der Waals surface area (Å²) in [6.45, 7) is 2.36. The molecule has 1 unspecified atom stereocenters. The van der Waals surface area contributed by atoms with Gasteiger partial charge in [-0.3, -0.25) is 0 Å². The third kappa shape index (κ3) is 4.77. The predicted octanol–water partition coefficient (Wildman–Crippen LogP) is 3.68. The lowest BCUT2D eigenvalue weighted by molar-refractivity contribution is 0.251. The van der Waals surface area contributed by atoms with E-state index < -0.39 is 0 Å². The Balaban J connectivity index is 1.85. The van der Waals surface area contributed by atoms with Gasteiger partial charge in [0, 0.05) is 23.3 Å². The molecule has 2 aromatic rings. The van der Waals surface area contributed by atoms with Crippen molar-refractivity contribution in [3.63, 3.8) is 0 Å². The molecule has 0 aliphatic rings. The van der Waals surface area contributed by atoms with Crippen LogP contribution in [0.15, 0.2) is 48.5 Å². The largest absolute Gasteiger partial charge is 0.334 e. The average molecular weight is 304 g/mol. The molecular formula is C16H18ClN3O. The van der Waals surface area contributed by atoms with Gasteiger partial charge < -0.3 is 16.4 Å². The van der Waals surface area contributed by atoms with Gasteiger partial charge in [0.15, 0.2) is 0 Å². The third-order valence-corrected chi connectivity index (χ3v) is 3.31. The maximum Gasteiger partial charge on any atom is 0.319 e. The molecule has 0 saturated carbocycles. The lowest BCUT2D eigenvalue weighted by Crippen LogP contribution is -2.28. The molecule has 2 amide bonds. The van der Waals surface area contributed by atoms with Crippen molar-refractivity contribution in [1.82, 2.24) is 5.32 Å². The Morgan fingerprint density at radius 1 is 1.14 bits per heavy atom. The Hall–Kier alpha value is -2.04. The number of benzene rings is 2. The van der Waals surface area contributed by atoms with Crippen LogP contribution in [0.4, 0.5) is 10.5 Å². The molecule has 21 heavy (non-hydrogen) atoms. The Morgan fingerprint density at radius 3 is 2.33 bits per heavy atom. The highest BCUT2D eigenvalue weighted by atomic mass is 35.5. The summed E-state index contributed by atoms with van der Waals surface area (Å²) in [5.41, 5.74) is 8.53. The molecule has 0 radical (unpaired) electrons. The molecule has 4 nitrogen and oxygen atoms in total. The van der Waals surface area contributed by atoms with Gasteiger partial charge in [-0.2, -0.15) is 0 Å². The first-order valence-electron chi connectivity index (χ1n) is 6.69. The van der Waals surface area contributed by atoms with E-state index in [2.05, 4.69) is 10.6 Å². The molecule has 0 aliphatic heterocycles. The first-order valence-corrected chi connectivity index (χ1v) is 7.07. The first-order chi connectivity index (χ1) is 10.0. The van der Waals surface area contributed by atoms with E-state index in [0.29, 0.717) is 11.6 Å². The first kappa shape index (κ1) is 15.4. The summed E-state index contributed by atoms with van der Waals surface area (Å²) < 4.78 is 0. The number of hydrogen-bond donors (Lipinski definition) is 3. The number of amides is 2. The fourth-order valence-electron chi connectivity index (χ4n) is 1.83. The molecule has 0 saturated heterocycles. The monoisotopic (exact) mass is 303 g/mol. The van der Waals surface area contributed by atoms with Crippen LogP contribution in [-0.4, -0.2) is 6.03 Å². The molecule has 5 heteroatoms. The minimum atomic E-state index is -0.251. The van der Waals surface area contributed by atoms with Crippen molar-refractivity contribution < 1.29 is 4.79 Å². The van der Waals surface area contributed by atoms with E-state index >= 15 is 0 Å². The molecular weight excluding hydrogens is 286 g/mol. The second-order valence-corrected chi connectivity index (χ2v) is 5.28. The van der Waals surface area contributed by atoms with Crippen molar-refractivity contribution in [2.75, 3.05) is 5.32 Å². The van der Waals surface area contributed by atoms with Gasteiger partial charge in [-0.15, -0.1) is 0 Å². The van der Waals surface area contributed by atoms with E-state index in [9.17, 15) is 4.79 Å². The maximum atomic E-state index is 11.8. The average Bonchev–Trinajstić information content (AvgIpc) is 2.47. The summed E-state index contributed by atoms with van der Waals surface area (Å²) in [5.74, 6) is 0. The smallest absolute Gasteiger partial charge is 0.319 e. The van der Waals surface area contributed by atoms with Gasteiger partial charge in [0.25, 0.3) is 0 Å². The van der Waals surface area contributed by atoms with E-state index in [-0.39, 0.29) is 12.1 Å². The topological polar surface area (TPSA) is 67.1 Å². The van der Waals surface area contributed by atoms with Crippen LogP contribution in [0.5, 0.6) is 0 Å². The number of nitrogens with one attached hydrogen (secondary N) is 2. The maximum absolute atomic E-state index is 11.8. The SMILES string of the molecule is CC(N)c1ccc(NC(=O)NCc2ccc(Cl)cc2)cc1. The minimum Gasteiger partial charge on any atom is -0.334 e. The van der Waals surface area contributed by atoms with Gasteiger partial charge in [0.05, 0.1) is 0 Å². The molecule has 0 fully saturated rings. The number of carbonyl (C=O) groups excluding carboxylic acids is 1. The Bertz CT molecular complexity index is 594. The van der Waals surface area contributed by atoms with Crippen molar-refractivity contribution >= 4 is 23.3 Å². The summed E-state index contributed by atoms with van der Waals surface area (Å²) in [7, 11) is 0. The summed E-state index contributed by atoms with van der Waals surface area (Å²) >= 11 is 5.81. The van der Waals surface area contributed by atoms with Gasteiger partial charge >= 0.3 is 6.03 Å². The molecule has 1 atom stereocenters. The second-order valence-electron chi connectivity index (χ2n) is 4.84. The molecule has 0 bridgehead atoms. The number of anilines is 1. The number of carbonyl (C=O) groups is 1. The van der Waals surface area contributed by atoms with Crippen molar-refractivity contribution in [3.05, 3.63) is 64.7 Å². The zero-order chi connectivity index (χ0) is 15.2. The van der Waals surface area contributed by atoms with Gasteiger partial charge in [-0.1, -0.05) is 35.9 Å². The summed E-state index contributed by atoms with van der Waals surface area (Å²) in [4.78, 5) is 11.8. The number of rotatable bonds is 4. The van der Waals surface area contributed by atoms with Crippen molar-refractivity contribution in [2.45, 2.75) is 19.5 Å². The fourth-order valence-corrected chi connectivity index (χ4v) is 1.96. The van der Waals surface area contributed by atoms with Crippen LogP contribution in [0.3, 0.4) is 0 Å². The minimum absolute atomic E-state index is 0.0159. The van der Waals surface area contributed by atoms with E-state index in [1.54, 1.807) is 12.1 Å². The van der Waals surface area contributed by atoms with Gasteiger partial charge in [-0.05, 0) is 42.3 Å². The Labute approximate surface area is 129 Å². The highest BCUT2D eigenvalue weighted by Gasteiger charge is 2.03. The van der Waals surface area contributed by atoms with Crippen LogP contribution in [0, 0.1) is 0 Å².